The molecule has 1 aromatic heterocycles. The molecule has 2 aromatic carbocycles. The zero-order valence-electron chi connectivity index (χ0n) is 16.7. The van der Waals surface area contributed by atoms with Gasteiger partial charge in [-0.2, -0.15) is 0 Å². The number of hydrogen-bond acceptors (Lipinski definition) is 4. The van der Waals surface area contributed by atoms with Crippen molar-refractivity contribution in [2.24, 2.45) is 11.8 Å². The molecule has 4 heteroatoms. The second-order valence-corrected chi connectivity index (χ2v) is 7.73. The molecular weight excluding hydrogens is 348 g/mol. The monoisotopic (exact) mass is 376 g/mol. The Bertz CT molecular complexity index is 887. The first-order valence-electron chi connectivity index (χ1n) is 10.1. The first kappa shape index (κ1) is 18.8. The molecule has 0 saturated carbocycles. The van der Waals surface area contributed by atoms with Crippen LogP contribution in [-0.4, -0.2) is 24.7 Å². The standard InChI is InChI=1S/C24H28N2O2/c1-17-15-25-16-21(17)14-19-8-10-22(11-9-19)27-13-12-23-18(2)28-24(26-23)20-6-4-3-5-7-20/h3-11,17,21,25H,12-16H2,1-2H3/t17-,21+/m0/s1. The van der Waals surface area contributed by atoms with Gasteiger partial charge in [-0.25, -0.2) is 4.98 Å². The maximum absolute atomic E-state index is 5.93. The molecule has 1 saturated heterocycles. The summed E-state index contributed by atoms with van der Waals surface area (Å²) in [6, 6.07) is 18.5. The normalized spacial score (nSPS) is 19.1. The van der Waals surface area contributed by atoms with Crippen molar-refractivity contribution in [1.82, 2.24) is 10.3 Å². The highest BCUT2D eigenvalue weighted by Gasteiger charge is 2.22. The lowest BCUT2D eigenvalue weighted by Crippen LogP contribution is -2.12. The third-order valence-electron chi connectivity index (χ3n) is 5.62. The number of oxazole rings is 1. The molecular formula is C24H28N2O2. The number of rotatable bonds is 7. The van der Waals surface area contributed by atoms with Crippen molar-refractivity contribution in [3.05, 3.63) is 71.6 Å². The van der Waals surface area contributed by atoms with Gasteiger partial charge in [0.25, 0.3) is 0 Å². The molecule has 0 amide bonds. The predicted molar refractivity (Wildman–Crippen MR) is 112 cm³/mol. The average molecular weight is 377 g/mol. The summed E-state index contributed by atoms with van der Waals surface area (Å²) in [6.45, 7) is 7.14. The van der Waals surface area contributed by atoms with E-state index in [0.29, 0.717) is 12.5 Å². The zero-order chi connectivity index (χ0) is 19.3. The van der Waals surface area contributed by atoms with E-state index in [1.165, 1.54) is 5.56 Å². The highest BCUT2D eigenvalue weighted by molar-refractivity contribution is 5.53. The lowest BCUT2D eigenvalue weighted by molar-refractivity contribution is 0.319. The molecule has 1 aliphatic rings. The van der Waals surface area contributed by atoms with E-state index in [4.69, 9.17) is 9.15 Å². The number of aryl methyl sites for hydroxylation is 1. The molecule has 2 heterocycles. The summed E-state index contributed by atoms with van der Waals surface area (Å²) in [7, 11) is 0. The van der Waals surface area contributed by atoms with Gasteiger partial charge in [0.2, 0.25) is 5.89 Å². The first-order chi connectivity index (χ1) is 13.7. The second kappa shape index (κ2) is 8.61. The molecule has 0 bridgehead atoms. The van der Waals surface area contributed by atoms with Gasteiger partial charge < -0.3 is 14.5 Å². The summed E-state index contributed by atoms with van der Waals surface area (Å²) >= 11 is 0. The van der Waals surface area contributed by atoms with Crippen LogP contribution in [0.1, 0.15) is 23.9 Å². The van der Waals surface area contributed by atoms with Crippen LogP contribution in [0.15, 0.2) is 59.0 Å². The summed E-state index contributed by atoms with van der Waals surface area (Å²) in [5.74, 6) is 3.93. The Hall–Kier alpha value is -2.59. The summed E-state index contributed by atoms with van der Waals surface area (Å²) in [5.41, 5.74) is 3.34. The molecule has 28 heavy (non-hydrogen) atoms. The number of ether oxygens (including phenoxy) is 1. The molecule has 1 aliphatic heterocycles. The highest BCUT2D eigenvalue weighted by Crippen LogP contribution is 2.23. The molecule has 1 fully saturated rings. The number of benzene rings is 2. The molecule has 4 nitrogen and oxygen atoms in total. The van der Waals surface area contributed by atoms with E-state index in [0.717, 1.165) is 60.5 Å². The van der Waals surface area contributed by atoms with E-state index in [1.807, 2.05) is 37.3 Å². The van der Waals surface area contributed by atoms with E-state index < -0.39 is 0 Å². The van der Waals surface area contributed by atoms with Gasteiger partial charge in [0.15, 0.2) is 0 Å². The lowest BCUT2D eigenvalue weighted by Gasteiger charge is -2.14. The topological polar surface area (TPSA) is 47.3 Å². The van der Waals surface area contributed by atoms with Gasteiger partial charge in [-0.1, -0.05) is 37.3 Å². The van der Waals surface area contributed by atoms with Crippen molar-refractivity contribution in [1.29, 1.82) is 0 Å². The number of hydrogen-bond donors (Lipinski definition) is 1. The van der Waals surface area contributed by atoms with Gasteiger partial charge in [-0.05, 0) is 68.1 Å². The van der Waals surface area contributed by atoms with E-state index >= 15 is 0 Å². The fourth-order valence-electron chi connectivity index (χ4n) is 3.79. The third-order valence-corrected chi connectivity index (χ3v) is 5.62. The summed E-state index contributed by atoms with van der Waals surface area (Å²) in [6.07, 6.45) is 1.87. The van der Waals surface area contributed by atoms with E-state index in [1.54, 1.807) is 0 Å². The van der Waals surface area contributed by atoms with Crippen LogP contribution in [0.25, 0.3) is 11.5 Å². The van der Waals surface area contributed by atoms with Crippen LogP contribution >= 0.6 is 0 Å². The Morgan fingerprint density at radius 1 is 1.07 bits per heavy atom. The van der Waals surface area contributed by atoms with Crippen LogP contribution in [0.2, 0.25) is 0 Å². The molecule has 2 atom stereocenters. The number of nitrogens with zero attached hydrogens (tertiary/aromatic N) is 1. The minimum Gasteiger partial charge on any atom is -0.493 e. The zero-order valence-corrected chi connectivity index (χ0v) is 16.7. The molecule has 0 aliphatic carbocycles. The molecule has 0 unspecified atom stereocenters. The minimum absolute atomic E-state index is 0.588. The van der Waals surface area contributed by atoms with Crippen molar-refractivity contribution >= 4 is 0 Å². The van der Waals surface area contributed by atoms with Crippen LogP contribution in [0.3, 0.4) is 0 Å². The van der Waals surface area contributed by atoms with Gasteiger partial charge in [0, 0.05) is 12.0 Å². The number of nitrogens with one attached hydrogen (secondary N) is 1. The number of aromatic nitrogens is 1. The van der Waals surface area contributed by atoms with Crippen molar-refractivity contribution in [3.63, 3.8) is 0 Å². The van der Waals surface area contributed by atoms with Gasteiger partial charge in [-0.15, -0.1) is 0 Å². The first-order valence-corrected chi connectivity index (χ1v) is 10.1. The fraction of sp³-hybridized carbons (Fsp3) is 0.375. The van der Waals surface area contributed by atoms with Crippen LogP contribution in [0, 0.1) is 18.8 Å². The van der Waals surface area contributed by atoms with Crippen molar-refractivity contribution < 1.29 is 9.15 Å². The summed E-state index contributed by atoms with van der Waals surface area (Å²) in [4.78, 5) is 4.64. The Balaban J connectivity index is 1.30. The Kier molecular flexibility index (Phi) is 5.77. The van der Waals surface area contributed by atoms with E-state index in [-0.39, 0.29) is 0 Å². The lowest BCUT2D eigenvalue weighted by atomic mass is 9.91. The van der Waals surface area contributed by atoms with Gasteiger partial charge >= 0.3 is 0 Å². The van der Waals surface area contributed by atoms with Gasteiger partial charge in [0.1, 0.15) is 11.5 Å². The second-order valence-electron chi connectivity index (χ2n) is 7.73. The highest BCUT2D eigenvalue weighted by atomic mass is 16.5. The Labute approximate surface area is 167 Å². The largest absolute Gasteiger partial charge is 0.493 e. The third kappa shape index (κ3) is 4.45. The molecule has 4 rings (SSSR count). The average Bonchev–Trinajstić information content (AvgIpc) is 3.29. The predicted octanol–water partition coefficient (Wildman–Crippen LogP) is 4.67. The van der Waals surface area contributed by atoms with Crippen molar-refractivity contribution in [2.75, 3.05) is 19.7 Å². The Morgan fingerprint density at radius 3 is 2.57 bits per heavy atom. The van der Waals surface area contributed by atoms with Crippen LogP contribution in [0.5, 0.6) is 5.75 Å². The molecule has 3 aromatic rings. The van der Waals surface area contributed by atoms with Crippen LogP contribution in [0.4, 0.5) is 0 Å². The fourth-order valence-corrected chi connectivity index (χ4v) is 3.79. The van der Waals surface area contributed by atoms with Gasteiger partial charge in [0.05, 0.1) is 12.3 Å². The van der Waals surface area contributed by atoms with Crippen molar-refractivity contribution in [2.45, 2.75) is 26.7 Å². The minimum atomic E-state index is 0.588. The summed E-state index contributed by atoms with van der Waals surface area (Å²) < 4.78 is 11.8. The Morgan fingerprint density at radius 2 is 1.86 bits per heavy atom. The SMILES string of the molecule is Cc1oc(-c2ccccc2)nc1CCOc1ccc(C[C@@H]2CNC[C@@H]2C)cc1. The maximum atomic E-state index is 5.93. The van der Waals surface area contributed by atoms with Crippen LogP contribution in [-0.2, 0) is 12.8 Å². The molecule has 0 spiro atoms. The molecule has 146 valence electrons. The van der Waals surface area contributed by atoms with Gasteiger partial charge in [-0.3, -0.25) is 0 Å². The molecule has 1 N–H and O–H groups in total. The quantitative estimate of drug-likeness (QED) is 0.651. The van der Waals surface area contributed by atoms with Crippen molar-refractivity contribution in [3.8, 4) is 17.2 Å². The smallest absolute Gasteiger partial charge is 0.226 e. The molecule has 0 radical (unpaired) electrons. The van der Waals surface area contributed by atoms with E-state index in [2.05, 4.69) is 41.5 Å². The maximum Gasteiger partial charge on any atom is 0.226 e. The van der Waals surface area contributed by atoms with E-state index in [9.17, 15) is 0 Å². The van der Waals surface area contributed by atoms with Crippen LogP contribution < -0.4 is 10.1 Å². The summed E-state index contributed by atoms with van der Waals surface area (Å²) in [5, 5.41) is 3.48.